The first-order valence-electron chi connectivity index (χ1n) is 8.36. The van der Waals surface area contributed by atoms with Crippen molar-refractivity contribution in [1.29, 1.82) is 0 Å². The molecule has 0 heterocycles. The van der Waals surface area contributed by atoms with Crippen LogP contribution in [0, 0.1) is 6.92 Å². The molecule has 6 heteroatoms. The summed E-state index contributed by atoms with van der Waals surface area (Å²) in [5.74, 6) is -0.0596. The number of rotatable bonds is 8. The van der Waals surface area contributed by atoms with Gasteiger partial charge < -0.3 is 5.32 Å². The first-order chi connectivity index (χ1) is 11.9. The zero-order chi connectivity index (χ0) is 18.3. The van der Waals surface area contributed by atoms with E-state index in [-0.39, 0.29) is 10.8 Å². The Morgan fingerprint density at radius 2 is 1.72 bits per heavy atom. The third-order valence-electron chi connectivity index (χ3n) is 3.84. The van der Waals surface area contributed by atoms with Crippen LogP contribution in [-0.4, -0.2) is 20.9 Å². The van der Waals surface area contributed by atoms with E-state index in [2.05, 4.69) is 10.0 Å². The molecule has 134 valence electrons. The number of aryl methyl sites for hydroxylation is 2. The van der Waals surface area contributed by atoms with Gasteiger partial charge in [0.25, 0.3) is 0 Å². The molecule has 5 nitrogen and oxygen atoms in total. The Morgan fingerprint density at radius 1 is 1.04 bits per heavy atom. The first-order valence-corrected chi connectivity index (χ1v) is 9.85. The molecular weight excluding hydrogens is 336 g/mol. The number of para-hydroxylation sites is 1. The van der Waals surface area contributed by atoms with Gasteiger partial charge in [0.05, 0.1) is 4.90 Å². The van der Waals surface area contributed by atoms with Gasteiger partial charge in [-0.2, -0.15) is 0 Å². The number of benzene rings is 2. The number of hydrogen-bond donors (Lipinski definition) is 2. The molecule has 25 heavy (non-hydrogen) atoms. The van der Waals surface area contributed by atoms with Crippen molar-refractivity contribution in [2.45, 2.75) is 38.0 Å². The highest BCUT2D eigenvalue weighted by Gasteiger charge is 2.12. The summed E-state index contributed by atoms with van der Waals surface area (Å²) in [6.07, 6.45) is 1.64. The standard InChI is InChI=1S/C19H24N2O3S/c1-3-14-20-25(23,24)17-11-8-16(9-12-17)10-13-19(22)21-18-7-5-4-6-15(18)2/h4-9,11-12,20H,3,10,13-14H2,1-2H3,(H,21,22). The molecular formula is C19H24N2O3S. The molecule has 2 aromatic carbocycles. The second-order valence-corrected chi connectivity index (χ2v) is 7.67. The van der Waals surface area contributed by atoms with Gasteiger partial charge in [-0.1, -0.05) is 37.3 Å². The predicted octanol–water partition coefficient (Wildman–Crippen LogP) is 3.25. The van der Waals surface area contributed by atoms with Gasteiger partial charge in [0.2, 0.25) is 15.9 Å². The molecule has 2 rings (SSSR count). The van der Waals surface area contributed by atoms with Crippen molar-refractivity contribution in [1.82, 2.24) is 4.72 Å². The lowest BCUT2D eigenvalue weighted by Crippen LogP contribution is -2.24. The highest BCUT2D eigenvalue weighted by Crippen LogP contribution is 2.15. The van der Waals surface area contributed by atoms with Crippen molar-refractivity contribution < 1.29 is 13.2 Å². The van der Waals surface area contributed by atoms with Gasteiger partial charge in [-0.3, -0.25) is 4.79 Å². The smallest absolute Gasteiger partial charge is 0.240 e. The van der Waals surface area contributed by atoms with E-state index >= 15 is 0 Å². The Bertz CT molecular complexity index is 815. The first kappa shape index (κ1) is 19.1. The SMILES string of the molecule is CCCNS(=O)(=O)c1ccc(CCC(=O)Nc2ccccc2C)cc1. The van der Waals surface area contributed by atoms with E-state index < -0.39 is 10.0 Å². The van der Waals surface area contributed by atoms with Gasteiger partial charge in [0.1, 0.15) is 0 Å². The summed E-state index contributed by atoms with van der Waals surface area (Å²) in [4.78, 5) is 12.3. The zero-order valence-corrected chi connectivity index (χ0v) is 15.4. The highest BCUT2D eigenvalue weighted by molar-refractivity contribution is 7.89. The molecule has 2 aromatic rings. The fraction of sp³-hybridized carbons (Fsp3) is 0.316. The molecule has 2 N–H and O–H groups in total. The number of amides is 1. The number of sulfonamides is 1. The number of hydrogen-bond acceptors (Lipinski definition) is 3. The average Bonchev–Trinajstić information content (AvgIpc) is 2.60. The van der Waals surface area contributed by atoms with E-state index in [1.165, 1.54) is 0 Å². The fourth-order valence-electron chi connectivity index (χ4n) is 2.34. The third-order valence-corrected chi connectivity index (χ3v) is 5.31. The summed E-state index contributed by atoms with van der Waals surface area (Å²) < 4.78 is 26.6. The number of nitrogens with one attached hydrogen (secondary N) is 2. The predicted molar refractivity (Wildman–Crippen MR) is 100 cm³/mol. The van der Waals surface area contributed by atoms with Gasteiger partial charge in [-0.15, -0.1) is 0 Å². The Hall–Kier alpha value is -2.18. The molecule has 0 aromatic heterocycles. The van der Waals surface area contributed by atoms with Crippen LogP contribution in [0.4, 0.5) is 5.69 Å². The van der Waals surface area contributed by atoms with Gasteiger partial charge >= 0.3 is 0 Å². The number of anilines is 1. The van der Waals surface area contributed by atoms with Crippen LogP contribution in [0.15, 0.2) is 53.4 Å². The van der Waals surface area contributed by atoms with Crippen LogP contribution < -0.4 is 10.0 Å². The van der Waals surface area contributed by atoms with E-state index in [1.54, 1.807) is 24.3 Å². The lowest BCUT2D eigenvalue weighted by atomic mass is 10.1. The van der Waals surface area contributed by atoms with Crippen molar-refractivity contribution in [2.24, 2.45) is 0 Å². The maximum Gasteiger partial charge on any atom is 0.240 e. The van der Waals surface area contributed by atoms with Gasteiger partial charge in [-0.25, -0.2) is 13.1 Å². The fourth-order valence-corrected chi connectivity index (χ4v) is 3.47. The molecule has 0 fully saturated rings. The summed E-state index contributed by atoms with van der Waals surface area (Å²) in [6, 6.07) is 14.3. The van der Waals surface area contributed by atoms with E-state index in [0.717, 1.165) is 23.2 Å². The molecule has 0 saturated carbocycles. The molecule has 0 aliphatic rings. The van der Waals surface area contributed by atoms with E-state index in [0.29, 0.717) is 19.4 Å². The minimum atomic E-state index is -3.45. The summed E-state index contributed by atoms with van der Waals surface area (Å²) >= 11 is 0. The average molecular weight is 360 g/mol. The highest BCUT2D eigenvalue weighted by atomic mass is 32.2. The minimum Gasteiger partial charge on any atom is -0.326 e. The summed E-state index contributed by atoms with van der Waals surface area (Å²) in [7, 11) is -3.45. The lowest BCUT2D eigenvalue weighted by Gasteiger charge is -2.09. The summed E-state index contributed by atoms with van der Waals surface area (Å²) in [5.41, 5.74) is 2.76. The van der Waals surface area contributed by atoms with Crippen LogP contribution >= 0.6 is 0 Å². The van der Waals surface area contributed by atoms with Crippen molar-refractivity contribution >= 4 is 21.6 Å². The van der Waals surface area contributed by atoms with Crippen molar-refractivity contribution in [3.63, 3.8) is 0 Å². The molecule has 0 atom stereocenters. The quantitative estimate of drug-likeness (QED) is 0.759. The summed E-state index contributed by atoms with van der Waals surface area (Å²) in [6.45, 7) is 4.28. The Labute approximate surface area is 149 Å². The van der Waals surface area contributed by atoms with Crippen molar-refractivity contribution in [3.05, 3.63) is 59.7 Å². The van der Waals surface area contributed by atoms with Crippen LogP contribution in [0.3, 0.4) is 0 Å². The molecule has 0 bridgehead atoms. The molecule has 1 amide bonds. The van der Waals surface area contributed by atoms with E-state index in [4.69, 9.17) is 0 Å². The second kappa shape index (κ2) is 8.78. The molecule has 0 aliphatic carbocycles. The normalized spacial score (nSPS) is 11.3. The minimum absolute atomic E-state index is 0.0596. The largest absolute Gasteiger partial charge is 0.326 e. The monoisotopic (exact) mass is 360 g/mol. The van der Waals surface area contributed by atoms with Gasteiger partial charge in [0.15, 0.2) is 0 Å². The van der Waals surface area contributed by atoms with E-state index in [1.807, 2.05) is 38.1 Å². The molecule has 0 aliphatic heterocycles. The molecule has 0 saturated heterocycles. The number of carbonyl (C=O) groups excluding carboxylic acids is 1. The van der Waals surface area contributed by atoms with Gasteiger partial charge in [0, 0.05) is 18.7 Å². The molecule has 0 radical (unpaired) electrons. The lowest BCUT2D eigenvalue weighted by molar-refractivity contribution is -0.116. The maximum absolute atomic E-state index is 12.1. The van der Waals surface area contributed by atoms with Gasteiger partial charge in [-0.05, 0) is 49.1 Å². The zero-order valence-electron chi connectivity index (χ0n) is 14.6. The second-order valence-electron chi connectivity index (χ2n) is 5.90. The molecule has 0 unspecified atom stereocenters. The van der Waals surface area contributed by atoms with Crippen LogP contribution in [-0.2, 0) is 21.2 Å². The van der Waals surface area contributed by atoms with Crippen LogP contribution in [0.25, 0.3) is 0 Å². The molecule has 0 spiro atoms. The van der Waals surface area contributed by atoms with Crippen LogP contribution in [0.2, 0.25) is 0 Å². The Balaban J connectivity index is 1.91. The van der Waals surface area contributed by atoms with Crippen molar-refractivity contribution in [3.8, 4) is 0 Å². The number of carbonyl (C=O) groups is 1. The third kappa shape index (κ3) is 5.69. The van der Waals surface area contributed by atoms with E-state index in [9.17, 15) is 13.2 Å². The van der Waals surface area contributed by atoms with Crippen LogP contribution in [0.1, 0.15) is 30.9 Å². The summed E-state index contributed by atoms with van der Waals surface area (Å²) in [5, 5.41) is 2.89. The van der Waals surface area contributed by atoms with Crippen molar-refractivity contribution in [2.75, 3.05) is 11.9 Å². The maximum atomic E-state index is 12.1. The Kier molecular flexibility index (Phi) is 6.73. The topological polar surface area (TPSA) is 75.3 Å². The van der Waals surface area contributed by atoms with Crippen LogP contribution in [0.5, 0.6) is 0 Å². The Morgan fingerprint density at radius 3 is 2.36 bits per heavy atom.